The van der Waals surface area contributed by atoms with Crippen molar-refractivity contribution in [3.8, 4) is 6.07 Å². The Hall–Kier alpha value is -1.79. The van der Waals surface area contributed by atoms with Crippen molar-refractivity contribution in [2.24, 2.45) is 0 Å². The maximum absolute atomic E-state index is 9.31. The lowest BCUT2D eigenvalue weighted by molar-refractivity contribution is 1.17. The number of para-hydroxylation sites is 1. The lowest BCUT2D eigenvalue weighted by Crippen LogP contribution is -2.12. The maximum Gasteiger partial charge on any atom is 0.101 e. The van der Waals surface area contributed by atoms with Gasteiger partial charge in [-0.15, -0.1) is 0 Å². The van der Waals surface area contributed by atoms with Crippen LogP contribution in [0.4, 0.5) is 11.4 Å². The Labute approximate surface area is 122 Å². The molecule has 0 aliphatic rings. The SMILES string of the molecule is Cc1ccccc1N(C)c1ccc(CBr)cc1C#N. The van der Waals surface area contributed by atoms with E-state index in [2.05, 4.69) is 46.0 Å². The third-order valence-electron chi connectivity index (χ3n) is 3.17. The second kappa shape index (κ2) is 5.90. The number of nitrogens with zero attached hydrogens (tertiary/aromatic N) is 2. The Morgan fingerprint density at radius 1 is 1.16 bits per heavy atom. The highest BCUT2D eigenvalue weighted by Gasteiger charge is 2.11. The number of aryl methyl sites for hydroxylation is 1. The standard InChI is InChI=1S/C16H15BrN2/c1-12-5-3-4-6-15(12)19(2)16-8-7-13(10-17)9-14(16)11-18/h3-9H,10H2,1-2H3. The quantitative estimate of drug-likeness (QED) is 0.778. The molecule has 0 aliphatic heterocycles. The first-order valence-corrected chi connectivity index (χ1v) is 7.18. The van der Waals surface area contributed by atoms with Crippen molar-refractivity contribution in [2.45, 2.75) is 12.3 Å². The van der Waals surface area contributed by atoms with E-state index in [0.29, 0.717) is 5.56 Å². The van der Waals surface area contributed by atoms with Crippen LogP contribution in [0.2, 0.25) is 0 Å². The van der Waals surface area contributed by atoms with Crippen LogP contribution in [0, 0.1) is 18.3 Å². The molecule has 0 bridgehead atoms. The molecule has 19 heavy (non-hydrogen) atoms. The predicted octanol–water partition coefficient (Wildman–Crippen LogP) is 4.53. The number of halogens is 1. The van der Waals surface area contributed by atoms with Crippen LogP contribution in [-0.2, 0) is 5.33 Å². The summed E-state index contributed by atoms with van der Waals surface area (Å²) in [6, 6.07) is 16.4. The summed E-state index contributed by atoms with van der Waals surface area (Å²) in [4.78, 5) is 2.06. The summed E-state index contributed by atoms with van der Waals surface area (Å²) in [5.41, 5.74) is 5.05. The number of nitriles is 1. The second-order valence-electron chi connectivity index (χ2n) is 4.44. The Balaban J connectivity index is 2.48. The van der Waals surface area contributed by atoms with Crippen LogP contribution in [0.15, 0.2) is 42.5 Å². The van der Waals surface area contributed by atoms with E-state index in [1.807, 2.05) is 37.4 Å². The van der Waals surface area contributed by atoms with Crippen molar-refractivity contribution in [2.75, 3.05) is 11.9 Å². The monoisotopic (exact) mass is 314 g/mol. The van der Waals surface area contributed by atoms with Gasteiger partial charge in [-0.25, -0.2) is 0 Å². The number of hydrogen-bond donors (Lipinski definition) is 0. The Morgan fingerprint density at radius 3 is 2.53 bits per heavy atom. The highest BCUT2D eigenvalue weighted by Crippen LogP contribution is 2.29. The molecule has 96 valence electrons. The van der Waals surface area contributed by atoms with Gasteiger partial charge in [0.1, 0.15) is 6.07 Å². The molecular formula is C16H15BrN2. The van der Waals surface area contributed by atoms with Gasteiger partial charge < -0.3 is 4.90 Å². The molecular weight excluding hydrogens is 300 g/mol. The largest absolute Gasteiger partial charge is 0.343 e. The molecule has 3 heteroatoms. The van der Waals surface area contributed by atoms with Gasteiger partial charge in [0.25, 0.3) is 0 Å². The average Bonchev–Trinajstić information content (AvgIpc) is 2.46. The third kappa shape index (κ3) is 2.80. The zero-order valence-corrected chi connectivity index (χ0v) is 12.6. The summed E-state index contributed by atoms with van der Waals surface area (Å²) in [7, 11) is 1.99. The molecule has 2 aromatic carbocycles. The normalized spacial score (nSPS) is 10.0. The Morgan fingerprint density at radius 2 is 1.89 bits per heavy atom. The molecule has 0 saturated heterocycles. The third-order valence-corrected chi connectivity index (χ3v) is 3.82. The Bertz CT molecular complexity index is 629. The van der Waals surface area contributed by atoms with E-state index in [0.717, 1.165) is 22.3 Å². The molecule has 0 atom stereocenters. The molecule has 0 unspecified atom stereocenters. The fourth-order valence-corrected chi connectivity index (χ4v) is 2.47. The van der Waals surface area contributed by atoms with Gasteiger partial charge in [-0.1, -0.05) is 40.2 Å². The molecule has 0 N–H and O–H groups in total. The van der Waals surface area contributed by atoms with Crippen LogP contribution in [0.1, 0.15) is 16.7 Å². The predicted molar refractivity (Wildman–Crippen MR) is 83.0 cm³/mol. The summed E-state index contributed by atoms with van der Waals surface area (Å²) < 4.78 is 0. The first-order valence-electron chi connectivity index (χ1n) is 6.05. The molecule has 0 radical (unpaired) electrons. The number of alkyl halides is 1. The molecule has 0 amide bonds. The highest BCUT2D eigenvalue weighted by atomic mass is 79.9. The van der Waals surface area contributed by atoms with E-state index in [1.165, 1.54) is 5.56 Å². The molecule has 0 saturated carbocycles. The molecule has 2 rings (SSSR count). The van der Waals surface area contributed by atoms with Crippen molar-refractivity contribution >= 4 is 27.3 Å². The van der Waals surface area contributed by atoms with Crippen molar-refractivity contribution in [1.82, 2.24) is 0 Å². The minimum Gasteiger partial charge on any atom is -0.343 e. The fraction of sp³-hybridized carbons (Fsp3) is 0.188. The smallest absolute Gasteiger partial charge is 0.101 e. The van der Waals surface area contributed by atoms with Crippen LogP contribution in [0.25, 0.3) is 0 Å². The average molecular weight is 315 g/mol. The van der Waals surface area contributed by atoms with Crippen LogP contribution in [-0.4, -0.2) is 7.05 Å². The fourth-order valence-electron chi connectivity index (χ4n) is 2.12. The minimum absolute atomic E-state index is 0.697. The van der Waals surface area contributed by atoms with Gasteiger partial charge in [0.05, 0.1) is 11.3 Å². The van der Waals surface area contributed by atoms with Crippen molar-refractivity contribution < 1.29 is 0 Å². The Kier molecular flexibility index (Phi) is 4.24. The molecule has 0 aromatic heterocycles. The van der Waals surface area contributed by atoms with Crippen LogP contribution < -0.4 is 4.90 Å². The van der Waals surface area contributed by atoms with Crippen LogP contribution in [0.5, 0.6) is 0 Å². The lowest BCUT2D eigenvalue weighted by Gasteiger charge is -2.22. The molecule has 0 aliphatic carbocycles. The lowest BCUT2D eigenvalue weighted by atomic mass is 10.1. The van der Waals surface area contributed by atoms with Gasteiger partial charge in [0, 0.05) is 18.1 Å². The summed E-state index contributed by atoms with van der Waals surface area (Å²) in [6.07, 6.45) is 0. The number of hydrogen-bond acceptors (Lipinski definition) is 2. The summed E-state index contributed by atoms with van der Waals surface area (Å²) in [6.45, 7) is 2.07. The van der Waals surface area contributed by atoms with Crippen LogP contribution >= 0.6 is 15.9 Å². The van der Waals surface area contributed by atoms with Gasteiger partial charge in [-0.2, -0.15) is 5.26 Å². The van der Waals surface area contributed by atoms with E-state index in [4.69, 9.17) is 0 Å². The van der Waals surface area contributed by atoms with E-state index in [-0.39, 0.29) is 0 Å². The maximum atomic E-state index is 9.31. The molecule has 2 nitrogen and oxygen atoms in total. The molecule has 2 aromatic rings. The first kappa shape index (κ1) is 13.6. The van der Waals surface area contributed by atoms with E-state index >= 15 is 0 Å². The van der Waals surface area contributed by atoms with Crippen LogP contribution in [0.3, 0.4) is 0 Å². The van der Waals surface area contributed by atoms with Crippen molar-refractivity contribution in [3.05, 3.63) is 59.2 Å². The van der Waals surface area contributed by atoms with Crippen molar-refractivity contribution in [1.29, 1.82) is 5.26 Å². The zero-order valence-electron chi connectivity index (χ0n) is 11.0. The number of anilines is 2. The van der Waals surface area contributed by atoms with Gasteiger partial charge >= 0.3 is 0 Å². The second-order valence-corrected chi connectivity index (χ2v) is 5.00. The van der Waals surface area contributed by atoms with Gasteiger partial charge in [-0.05, 0) is 36.2 Å². The first-order chi connectivity index (χ1) is 9.17. The summed E-state index contributed by atoms with van der Waals surface area (Å²) in [5.74, 6) is 0. The van der Waals surface area contributed by atoms with E-state index in [1.54, 1.807) is 0 Å². The van der Waals surface area contributed by atoms with Gasteiger partial charge in [0.15, 0.2) is 0 Å². The molecule has 0 heterocycles. The van der Waals surface area contributed by atoms with Gasteiger partial charge in [0.2, 0.25) is 0 Å². The van der Waals surface area contributed by atoms with Crippen molar-refractivity contribution in [3.63, 3.8) is 0 Å². The van der Waals surface area contributed by atoms with E-state index in [9.17, 15) is 5.26 Å². The van der Waals surface area contributed by atoms with E-state index < -0.39 is 0 Å². The zero-order chi connectivity index (χ0) is 13.8. The number of rotatable bonds is 3. The molecule has 0 spiro atoms. The molecule has 0 fully saturated rings. The summed E-state index contributed by atoms with van der Waals surface area (Å²) in [5, 5.41) is 10.1. The minimum atomic E-state index is 0.697. The summed E-state index contributed by atoms with van der Waals surface area (Å²) >= 11 is 3.42. The van der Waals surface area contributed by atoms with Gasteiger partial charge in [-0.3, -0.25) is 0 Å². The number of benzene rings is 2. The topological polar surface area (TPSA) is 27.0 Å². The highest BCUT2D eigenvalue weighted by molar-refractivity contribution is 9.08.